The number of rotatable bonds is 4. The Balaban J connectivity index is 1.66. The number of hydrogen-bond donors (Lipinski definition) is 1. The number of benzene rings is 3. The van der Waals surface area contributed by atoms with Crippen molar-refractivity contribution in [3.8, 4) is 17.6 Å². The Morgan fingerprint density at radius 2 is 1.88 bits per heavy atom. The summed E-state index contributed by atoms with van der Waals surface area (Å²) in [6, 6.07) is 21.8. The molecule has 25 heavy (non-hydrogen) atoms. The molecule has 4 heteroatoms. The molecule has 0 aliphatic heterocycles. The second-order valence-electron chi connectivity index (χ2n) is 5.77. The molecule has 0 aliphatic carbocycles. The monoisotopic (exact) mass is 325 g/mol. The van der Waals surface area contributed by atoms with Crippen LogP contribution in [0.25, 0.3) is 10.8 Å². The van der Waals surface area contributed by atoms with Gasteiger partial charge in [0.2, 0.25) is 0 Å². The molecule has 3 aromatic carbocycles. The van der Waals surface area contributed by atoms with Crippen LogP contribution in [0.15, 0.2) is 73.1 Å². The molecule has 0 saturated heterocycles. The van der Waals surface area contributed by atoms with E-state index in [2.05, 4.69) is 22.1 Å². The number of aromatic amines is 1. The Labute approximate surface area is 145 Å². The predicted molar refractivity (Wildman–Crippen MR) is 96.6 cm³/mol. The maximum Gasteiger partial charge on any atom is 0.145 e. The molecular weight excluding hydrogens is 310 g/mol. The van der Waals surface area contributed by atoms with Gasteiger partial charge in [-0.25, -0.2) is 4.98 Å². The average Bonchev–Trinajstić information content (AvgIpc) is 3.15. The van der Waals surface area contributed by atoms with Gasteiger partial charge in [0.05, 0.1) is 5.56 Å². The van der Waals surface area contributed by atoms with E-state index in [0.717, 1.165) is 22.2 Å². The van der Waals surface area contributed by atoms with Crippen molar-refractivity contribution < 1.29 is 4.74 Å². The van der Waals surface area contributed by atoms with Crippen molar-refractivity contribution in [3.05, 3.63) is 90.0 Å². The molecular formula is C21H15N3O. The molecule has 0 bridgehead atoms. The summed E-state index contributed by atoms with van der Waals surface area (Å²) in [5, 5.41) is 11.6. The number of imidazole rings is 1. The van der Waals surface area contributed by atoms with E-state index in [4.69, 9.17) is 4.74 Å². The third-order valence-corrected chi connectivity index (χ3v) is 4.04. The molecule has 0 aliphatic rings. The molecule has 0 unspecified atom stereocenters. The van der Waals surface area contributed by atoms with Gasteiger partial charge in [-0.2, -0.15) is 5.26 Å². The smallest absolute Gasteiger partial charge is 0.145 e. The Morgan fingerprint density at radius 3 is 2.68 bits per heavy atom. The van der Waals surface area contributed by atoms with Gasteiger partial charge in [-0.1, -0.05) is 36.4 Å². The zero-order valence-electron chi connectivity index (χ0n) is 13.4. The summed E-state index contributed by atoms with van der Waals surface area (Å²) in [4.78, 5) is 7.33. The zero-order valence-corrected chi connectivity index (χ0v) is 13.4. The predicted octanol–water partition coefficient (Wildman–Crippen LogP) is 4.82. The highest BCUT2D eigenvalue weighted by Crippen LogP contribution is 2.29. The summed E-state index contributed by atoms with van der Waals surface area (Å²) in [5.41, 5.74) is 1.54. The lowest BCUT2D eigenvalue weighted by atomic mass is 10.1. The summed E-state index contributed by atoms with van der Waals surface area (Å²) in [6.45, 7) is 0. The molecule has 0 saturated carbocycles. The number of nitrogens with one attached hydrogen (secondary N) is 1. The number of hydrogen-bond acceptors (Lipinski definition) is 3. The van der Waals surface area contributed by atoms with E-state index in [-0.39, 0.29) is 0 Å². The number of nitrogens with zero attached hydrogens (tertiary/aromatic N) is 2. The van der Waals surface area contributed by atoms with Gasteiger partial charge in [0.1, 0.15) is 23.4 Å². The van der Waals surface area contributed by atoms with E-state index in [9.17, 15) is 5.26 Å². The van der Waals surface area contributed by atoms with E-state index in [1.807, 2.05) is 48.5 Å². The summed E-state index contributed by atoms with van der Waals surface area (Å²) in [5.74, 6) is 2.15. The van der Waals surface area contributed by atoms with Crippen LogP contribution in [0.5, 0.6) is 11.5 Å². The lowest BCUT2D eigenvalue weighted by Crippen LogP contribution is -1.94. The number of H-pyrrole nitrogens is 1. The van der Waals surface area contributed by atoms with Crippen LogP contribution in [0.3, 0.4) is 0 Å². The number of ether oxygens (including phenoxy) is 1. The van der Waals surface area contributed by atoms with Gasteiger partial charge in [0.15, 0.2) is 0 Å². The van der Waals surface area contributed by atoms with Gasteiger partial charge in [-0.3, -0.25) is 0 Å². The van der Waals surface area contributed by atoms with Crippen LogP contribution < -0.4 is 4.74 Å². The molecule has 4 aromatic rings. The molecule has 4 rings (SSSR count). The van der Waals surface area contributed by atoms with Crippen molar-refractivity contribution in [2.75, 3.05) is 0 Å². The Bertz CT molecular complexity index is 1060. The molecule has 1 N–H and O–H groups in total. The summed E-state index contributed by atoms with van der Waals surface area (Å²) in [7, 11) is 0. The molecule has 4 nitrogen and oxygen atoms in total. The van der Waals surface area contributed by atoms with E-state index in [1.165, 1.54) is 0 Å². The fourth-order valence-electron chi connectivity index (χ4n) is 2.80. The third kappa shape index (κ3) is 3.22. The van der Waals surface area contributed by atoms with Crippen LogP contribution in [-0.2, 0) is 6.42 Å². The van der Waals surface area contributed by atoms with Gasteiger partial charge in [-0.15, -0.1) is 0 Å². The molecule has 0 amide bonds. The first-order valence-electron chi connectivity index (χ1n) is 8.00. The lowest BCUT2D eigenvalue weighted by molar-refractivity contribution is 0.481. The largest absolute Gasteiger partial charge is 0.456 e. The van der Waals surface area contributed by atoms with Gasteiger partial charge in [0, 0.05) is 18.8 Å². The van der Waals surface area contributed by atoms with Crippen LogP contribution in [-0.4, -0.2) is 9.97 Å². The Morgan fingerprint density at radius 1 is 1.00 bits per heavy atom. The zero-order chi connectivity index (χ0) is 17.1. The minimum Gasteiger partial charge on any atom is -0.456 e. The molecule has 0 atom stereocenters. The second kappa shape index (κ2) is 6.50. The maximum absolute atomic E-state index is 9.37. The van der Waals surface area contributed by atoms with E-state index < -0.39 is 0 Å². The van der Waals surface area contributed by atoms with Crippen LogP contribution in [0, 0.1) is 11.3 Å². The SMILES string of the molecule is N#Cc1ccc(Cc2ncc[nH]2)cc1Oc1ccc2ccccc2c1. The summed E-state index contributed by atoms with van der Waals surface area (Å²) in [6.07, 6.45) is 4.18. The minimum atomic E-state index is 0.511. The van der Waals surface area contributed by atoms with E-state index >= 15 is 0 Å². The van der Waals surface area contributed by atoms with E-state index in [1.54, 1.807) is 18.5 Å². The van der Waals surface area contributed by atoms with Crippen molar-refractivity contribution in [1.82, 2.24) is 9.97 Å². The first-order valence-corrected chi connectivity index (χ1v) is 8.00. The van der Waals surface area contributed by atoms with Crippen LogP contribution >= 0.6 is 0 Å². The molecule has 1 heterocycles. The van der Waals surface area contributed by atoms with E-state index in [0.29, 0.717) is 23.5 Å². The topological polar surface area (TPSA) is 61.7 Å². The summed E-state index contributed by atoms with van der Waals surface area (Å²) >= 11 is 0. The molecule has 0 fully saturated rings. The molecule has 1 aromatic heterocycles. The number of nitriles is 1. The minimum absolute atomic E-state index is 0.511. The average molecular weight is 325 g/mol. The first-order chi connectivity index (χ1) is 12.3. The van der Waals surface area contributed by atoms with Crippen molar-refractivity contribution in [3.63, 3.8) is 0 Å². The van der Waals surface area contributed by atoms with Gasteiger partial charge in [-0.05, 0) is 40.6 Å². The highest BCUT2D eigenvalue weighted by atomic mass is 16.5. The molecule has 120 valence electrons. The number of aromatic nitrogens is 2. The summed E-state index contributed by atoms with van der Waals surface area (Å²) < 4.78 is 6.02. The van der Waals surface area contributed by atoms with Crippen molar-refractivity contribution >= 4 is 10.8 Å². The lowest BCUT2D eigenvalue weighted by Gasteiger charge is -2.10. The Kier molecular flexibility index (Phi) is 3.89. The fraction of sp³-hybridized carbons (Fsp3) is 0.0476. The maximum atomic E-state index is 9.37. The van der Waals surface area contributed by atoms with Gasteiger partial charge >= 0.3 is 0 Å². The highest BCUT2D eigenvalue weighted by Gasteiger charge is 2.08. The Hall–Kier alpha value is -3.58. The van der Waals surface area contributed by atoms with Crippen LogP contribution in [0.1, 0.15) is 17.0 Å². The van der Waals surface area contributed by atoms with Crippen LogP contribution in [0.2, 0.25) is 0 Å². The quantitative estimate of drug-likeness (QED) is 0.585. The van der Waals surface area contributed by atoms with Gasteiger partial charge < -0.3 is 9.72 Å². The fourth-order valence-corrected chi connectivity index (χ4v) is 2.80. The third-order valence-electron chi connectivity index (χ3n) is 4.04. The van der Waals surface area contributed by atoms with Crippen molar-refractivity contribution in [2.24, 2.45) is 0 Å². The number of fused-ring (bicyclic) bond motifs is 1. The first kappa shape index (κ1) is 15.0. The highest BCUT2D eigenvalue weighted by molar-refractivity contribution is 5.83. The van der Waals surface area contributed by atoms with Crippen molar-refractivity contribution in [2.45, 2.75) is 6.42 Å². The normalized spacial score (nSPS) is 10.5. The van der Waals surface area contributed by atoms with Gasteiger partial charge in [0.25, 0.3) is 0 Å². The molecule has 0 spiro atoms. The second-order valence-corrected chi connectivity index (χ2v) is 5.77. The van der Waals surface area contributed by atoms with Crippen LogP contribution in [0.4, 0.5) is 0 Å². The van der Waals surface area contributed by atoms with Crippen molar-refractivity contribution in [1.29, 1.82) is 5.26 Å². The molecule has 0 radical (unpaired) electrons. The standard InChI is InChI=1S/C21H15N3O/c22-14-18-6-5-15(12-21-23-9-10-24-21)11-20(18)25-19-8-7-16-3-1-2-4-17(16)13-19/h1-11,13H,12H2,(H,23,24).